The zero-order valence-electron chi connectivity index (χ0n) is 13.0. The minimum atomic E-state index is 0. The maximum absolute atomic E-state index is 5.99. The van der Waals surface area contributed by atoms with Crippen molar-refractivity contribution in [2.24, 2.45) is 10.7 Å². The largest absolute Gasteiger partial charge is 0.370 e. The molecule has 4 nitrogen and oxygen atoms in total. The van der Waals surface area contributed by atoms with E-state index >= 15 is 0 Å². The zero-order valence-corrected chi connectivity index (χ0v) is 15.3. The summed E-state index contributed by atoms with van der Waals surface area (Å²) in [7, 11) is 0. The van der Waals surface area contributed by atoms with Gasteiger partial charge in [-0.2, -0.15) is 0 Å². The molecule has 21 heavy (non-hydrogen) atoms. The number of hydrogen-bond acceptors (Lipinski definition) is 1. The zero-order chi connectivity index (χ0) is 14.5. The monoisotopic (exact) mass is 400 g/mol. The first-order chi connectivity index (χ1) is 9.67. The Labute approximate surface area is 143 Å². The highest BCUT2D eigenvalue weighted by Gasteiger charge is 2.06. The topological polar surface area (TPSA) is 57.4 Å². The van der Waals surface area contributed by atoms with Gasteiger partial charge in [0.2, 0.25) is 0 Å². The third-order valence-electron chi connectivity index (χ3n) is 3.74. The molecule has 0 aliphatic rings. The highest BCUT2D eigenvalue weighted by atomic mass is 127. The van der Waals surface area contributed by atoms with Crippen LogP contribution in [0, 0.1) is 6.92 Å². The third-order valence-corrected chi connectivity index (χ3v) is 3.74. The molecule has 1 aromatic carbocycles. The summed E-state index contributed by atoms with van der Waals surface area (Å²) in [6, 6.07) is 6.33. The van der Waals surface area contributed by atoms with Crippen LogP contribution in [0.5, 0.6) is 0 Å². The number of aromatic nitrogens is 1. The van der Waals surface area contributed by atoms with Crippen LogP contribution >= 0.6 is 24.0 Å². The van der Waals surface area contributed by atoms with Gasteiger partial charge < -0.3 is 15.6 Å². The van der Waals surface area contributed by atoms with Crippen LogP contribution in [0.4, 0.5) is 0 Å². The van der Waals surface area contributed by atoms with Crippen molar-refractivity contribution in [3.8, 4) is 0 Å². The number of H-pyrrole nitrogens is 1. The van der Waals surface area contributed by atoms with E-state index in [4.69, 9.17) is 5.73 Å². The lowest BCUT2D eigenvalue weighted by Crippen LogP contribution is -2.37. The van der Waals surface area contributed by atoms with Crippen LogP contribution < -0.4 is 5.73 Å². The fourth-order valence-electron chi connectivity index (χ4n) is 2.59. The Balaban J connectivity index is 0.00000220. The normalized spacial score (nSPS) is 11.5. The predicted octanol–water partition coefficient (Wildman–Crippen LogP) is 3.29. The number of guanidine groups is 1. The van der Waals surface area contributed by atoms with Crippen molar-refractivity contribution in [2.75, 3.05) is 19.6 Å². The van der Waals surface area contributed by atoms with Crippen LogP contribution in [0.3, 0.4) is 0 Å². The number of nitrogens with one attached hydrogen (secondary N) is 1. The van der Waals surface area contributed by atoms with E-state index < -0.39 is 0 Å². The minimum absolute atomic E-state index is 0. The number of nitrogens with zero attached hydrogens (tertiary/aromatic N) is 2. The van der Waals surface area contributed by atoms with Crippen molar-refractivity contribution >= 4 is 40.8 Å². The average Bonchev–Trinajstić information content (AvgIpc) is 2.85. The molecule has 3 N–H and O–H groups in total. The van der Waals surface area contributed by atoms with Gasteiger partial charge in [-0.05, 0) is 44.4 Å². The molecule has 0 unspecified atom stereocenters. The maximum Gasteiger partial charge on any atom is 0.191 e. The maximum atomic E-state index is 5.99. The van der Waals surface area contributed by atoms with Crippen LogP contribution in [-0.4, -0.2) is 35.5 Å². The van der Waals surface area contributed by atoms with Gasteiger partial charge in [-0.3, -0.25) is 4.99 Å². The lowest BCUT2D eigenvalue weighted by atomic mass is 10.1. The van der Waals surface area contributed by atoms with Gasteiger partial charge in [0.1, 0.15) is 0 Å². The number of aliphatic imine (C=N–C) groups is 1. The molecule has 0 radical (unpaired) electrons. The second-order valence-corrected chi connectivity index (χ2v) is 4.97. The first-order valence-corrected chi connectivity index (χ1v) is 7.27. The first kappa shape index (κ1) is 17.8. The molecular formula is C16H25IN4. The summed E-state index contributed by atoms with van der Waals surface area (Å²) in [5.74, 6) is 0.645. The number of nitrogens with two attached hydrogens (primary N) is 1. The summed E-state index contributed by atoms with van der Waals surface area (Å²) < 4.78 is 0. The molecule has 0 saturated carbocycles. The number of benzene rings is 1. The molecule has 0 aliphatic heterocycles. The molecule has 0 saturated heterocycles. The van der Waals surface area contributed by atoms with Crippen LogP contribution in [0.15, 0.2) is 29.4 Å². The SMILES string of the molecule is CCN(CC)C(N)=NCCc1c[nH]c2cccc(C)c12.I. The van der Waals surface area contributed by atoms with E-state index in [1.807, 2.05) is 0 Å². The van der Waals surface area contributed by atoms with Gasteiger partial charge in [0.05, 0.1) is 0 Å². The van der Waals surface area contributed by atoms with E-state index in [1.54, 1.807) is 0 Å². The third kappa shape index (κ3) is 4.12. The van der Waals surface area contributed by atoms with E-state index in [9.17, 15) is 0 Å². The Kier molecular flexibility index (Phi) is 7.01. The fraction of sp³-hybridized carbons (Fsp3) is 0.438. The Morgan fingerprint density at radius 3 is 2.67 bits per heavy atom. The van der Waals surface area contributed by atoms with E-state index in [-0.39, 0.29) is 24.0 Å². The molecular weight excluding hydrogens is 375 g/mol. The molecule has 5 heteroatoms. The summed E-state index contributed by atoms with van der Waals surface area (Å²) in [4.78, 5) is 9.88. The lowest BCUT2D eigenvalue weighted by Gasteiger charge is -2.19. The number of rotatable bonds is 5. The van der Waals surface area contributed by atoms with Gasteiger partial charge in [-0.1, -0.05) is 12.1 Å². The van der Waals surface area contributed by atoms with Crippen LogP contribution in [-0.2, 0) is 6.42 Å². The van der Waals surface area contributed by atoms with Gasteiger partial charge in [0.15, 0.2) is 5.96 Å². The standard InChI is InChI=1S/C16H24N4.HI/c1-4-20(5-2)16(17)18-10-9-13-11-19-14-8-6-7-12(3)15(13)14;/h6-8,11,19H,4-5,9-10H2,1-3H3,(H2,17,18);1H. The van der Waals surface area contributed by atoms with Crippen molar-refractivity contribution in [2.45, 2.75) is 27.2 Å². The van der Waals surface area contributed by atoms with Crippen LogP contribution in [0.2, 0.25) is 0 Å². The number of fused-ring (bicyclic) bond motifs is 1. The summed E-state index contributed by atoms with van der Waals surface area (Å²) in [6.07, 6.45) is 2.99. The van der Waals surface area contributed by atoms with Crippen molar-refractivity contribution in [1.82, 2.24) is 9.88 Å². The fourth-order valence-corrected chi connectivity index (χ4v) is 2.59. The molecule has 1 aromatic heterocycles. The Bertz CT molecular complexity index is 599. The Morgan fingerprint density at radius 2 is 2.00 bits per heavy atom. The second kappa shape index (κ2) is 8.26. The molecule has 1 heterocycles. The predicted molar refractivity (Wildman–Crippen MR) is 102 cm³/mol. The lowest BCUT2D eigenvalue weighted by molar-refractivity contribution is 0.458. The van der Waals surface area contributed by atoms with Crippen molar-refractivity contribution < 1.29 is 0 Å². The molecule has 0 bridgehead atoms. The van der Waals surface area contributed by atoms with Crippen molar-refractivity contribution in [3.63, 3.8) is 0 Å². The quantitative estimate of drug-likeness (QED) is 0.460. The van der Waals surface area contributed by atoms with Gasteiger partial charge in [0.25, 0.3) is 0 Å². The van der Waals surface area contributed by atoms with E-state index in [0.29, 0.717) is 5.96 Å². The highest BCUT2D eigenvalue weighted by Crippen LogP contribution is 2.22. The Hall–Kier alpha value is -1.24. The van der Waals surface area contributed by atoms with Gasteiger partial charge >= 0.3 is 0 Å². The molecule has 0 atom stereocenters. The summed E-state index contributed by atoms with van der Waals surface area (Å²) in [5.41, 5.74) is 9.80. The minimum Gasteiger partial charge on any atom is -0.370 e. The molecule has 0 spiro atoms. The van der Waals surface area contributed by atoms with Crippen LogP contribution in [0.1, 0.15) is 25.0 Å². The van der Waals surface area contributed by atoms with E-state index in [2.05, 4.69) is 60.0 Å². The molecule has 0 amide bonds. The summed E-state index contributed by atoms with van der Waals surface area (Å²) in [5, 5.41) is 1.32. The number of hydrogen-bond donors (Lipinski definition) is 2. The number of aromatic amines is 1. The smallest absolute Gasteiger partial charge is 0.191 e. The number of aryl methyl sites for hydroxylation is 1. The average molecular weight is 400 g/mol. The highest BCUT2D eigenvalue weighted by molar-refractivity contribution is 14.0. The summed E-state index contributed by atoms with van der Waals surface area (Å²) >= 11 is 0. The van der Waals surface area contributed by atoms with Crippen LogP contribution in [0.25, 0.3) is 10.9 Å². The molecule has 2 aromatic rings. The Morgan fingerprint density at radius 1 is 1.29 bits per heavy atom. The van der Waals surface area contributed by atoms with Gasteiger partial charge in [-0.15, -0.1) is 24.0 Å². The first-order valence-electron chi connectivity index (χ1n) is 7.27. The molecule has 0 aliphatic carbocycles. The number of halogens is 1. The molecule has 2 rings (SSSR count). The molecule has 0 fully saturated rings. The summed E-state index contributed by atoms with van der Waals surface area (Å²) in [6.45, 7) is 8.86. The second-order valence-electron chi connectivity index (χ2n) is 4.97. The molecule has 116 valence electrons. The van der Waals surface area contributed by atoms with Crippen molar-refractivity contribution in [3.05, 3.63) is 35.5 Å². The van der Waals surface area contributed by atoms with E-state index in [1.165, 1.54) is 22.0 Å². The van der Waals surface area contributed by atoms with E-state index in [0.717, 1.165) is 26.1 Å². The van der Waals surface area contributed by atoms with Gasteiger partial charge in [0, 0.05) is 36.7 Å². The van der Waals surface area contributed by atoms with Crippen molar-refractivity contribution in [1.29, 1.82) is 0 Å². The van der Waals surface area contributed by atoms with Gasteiger partial charge in [-0.25, -0.2) is 0 Å².